The largest absolute Gasteiger partial charge is 0.354 e. The highest BCUT2D eigenvalue weighted by Crippen LogP contribution is 2.22. The summed E-state index contributed by atoms with van der Waals surface area (Å²) < 4.78 is 0.696. The van der Waals surface area contributed by atoms with Crippen molar-refractivity contribution in [2.45, 2.75) is 51.5 Å². The van der Waals surface area contributed by atoms with Crippen molar-refractivity contribution in [3.8, 4) is 0 Å². The summed E-state index contributed by atoms with van der Waals surface area (Å²) in [4.78, 5) is 46.2. The standard InChI is InChI=1S/C19H32IN3O4S2/c1-2-3-11-21-17(25)8-5-4-6-12-22-19(27)16(23-18(26)9-10-20)15-29-28-14-7-13-24/h2-3,13,16H,4-12,14-15H2,1H3,(H,21,25)(H,22,27)(H,23,26)/b3-2-. The first-order valence-corrected chi connectivity index (χ1v) is 13.7. The minimum absolute atomic E-state index is 0.0364. The van der Waals surface area contributed by atoms with Crippen LogP contribution in [0.4, 0.5) is 0 Å². The SMILES string of the molecule is C/C=C\CNC(=O)CCCCCNC(=O)C(CSSCCC=O)NC(=O)CCI. The van der Waals surface area contributed by atoms with Gasteiger partial charge in [0.1, 0.15) is 12.3 Å². The Morgan fingerprint density at radius 1 is 1.03 bits per heavy atom. The minimum atomic E-state index is -0.587. The lowest BCUT2D eigenvalue weighted by Crippen LogP contribution is -2.48. The van der Waals surface area contributed by atoms with E-state index in [4.69, 9.17) is 0 Å². The molecule has 10 heteroatoms. The molecule has 1 unspecified atom stereocenters. The molecule has 0 saturated carbocycles. The molecule has 1 atom stereocenters. The van der Waals surface area contributed by atoms with E-state index in [0.717, 1.165) is 25.5 Å². The van der Waals surface area contributed by atoms with Crippen LogP contribution in [0.15, 0.2) is 12.2 Å². The van der Waals surface area contributed by atoms with Crippen LogP contribution in [0.2, 0.25) is 0 Å². The summed E-state index contributed by atoms with van der Waals surface area (Å²) in [7, 11) is 3.00. The van der Waals surface area contributed by atoms with Crippen LogP contribution in [-0.2, 0) is 19.2 Å². The summed E-state index contributed by atoms with van der Waals surface area (Å²) in [5.74, 6) is 0.844. The zero-order valence-corrected chi connectivity index (χ0v) is 20.7. The third kappa shape index (κ3) is 17.8. The summed E-state index contributed by atoms with van der Waals surface area (Å²) in [6.45, 7) is 2.98. The maximum atomic E-state index is 12.4. The number of amides is 3. The number of nitrogens with one attached hydrogen (secondary N) is 3. The van der Waals surface area contributed by atoms with Gasteiger partial charge in [-0.3, -0.25) is 14.4 Å². The van der Waals surface area contributed by atoms with E-state index in [1.807, 2.05) is 19.1 Å². The van der Waals surface area contributed by atoms with Crippen LogP contribution in [0.5, 0.6) is 0 Å². The van der Waals surface area contributed by atoms with Crippen molar-refractivity contribution < 1.29 is 19.2 Å². The summed E-state index contributed by atoms with van der Waals surface area (Å²) in [5.41, 5.74) is 0. The number of hydrogen-bond acceptors (Lipinski definition) is 6. The average molecular weight is 558 g/mol. The van der Waals surface area contributed by atoms with E-state index in [0.29, 0.717) is 48.3 Å². The topological polar surface area (TPSA) is 104 Å². The number of aldehydes is 1. The lowest BCUT2D eigenvalue weighted by molar-refractivity contribution is -0.128. The normalized spacial score (nSPS) is 11.8. The van der Waals surface area contributed by atoms with E-state index in [1.165, 1.54) is 21.6 Å². The lowest BCUT2D eigenvalue weighted by atomic mass is 10.2. The third-order valence-electron chi connectivity index (χ3n) is 3.64. The minimum Gasteiger partial charge on any atom is -0.354 e. The van der Waals surface area contributed by atoms with Gasteiger partial charge in [0.15, 0.2) is 0 Å². The van der Waals surface area contributed by atoms with Gasteiger partial charge in [0.2, 0.25) is 17.7 Å². The molecule has 0 aliphatic carbocycles. The molecule has 3 amide bonds. The Morgan fingerprint density at radius 2 is 1.83 bits per heavy atom. The van der Waals surface area contributed by atoms with E-state index in [1.54, 1.807) is 0 Å². The molecule has 29 heavy (non-hydrogen) atoms. The van der Waals surface area contributed by atoms with Gasteiger partial charge in [0.05, 0.1) is 0 Å². The van der Waals surface area contributed by atoms with Crippen molar-refractivity contribution >= 4 is 68.2 Å². The first-order valence-electron chi connectivity index (χ1n) is 9.74. The molecule has 0 aliphatic heterocycles. The van der Waals surface area contributed by atoms with Crippen LogP contribution >= 0.6 is 44.2 Å². The molecule has 0 bridgehead atoms. The lowest BCUT2D eigenvalue weighted by Gasteiger charge is -2.18. The van der Waals surface area contributed by atoms with E-state index >= 15 is 0 Å². The second-order valence-corrected chi connectivity index (χ2v) is 9.80. The van der Waals surface area contributed by atoms with Gasteiger partial charge in [0.25, 0.3) is 0 Å². The number of unbranched alkanes of at least 4 members (excludes halogenated alkanes) is 2. The molecule has 0 fully saturated rings. The molecule has 7 nitrogen and oxygen atoms in total. The highest BCUT2D eigenvalue weighted by Gasteiger charge is 2.20. The van der Waals surface area contributed by atoms with Crippen molar-refractivity contribution in [1.82, 2.24) is 16.0 Å². The number of alkyl halides is 1. The Morgan fingerprint density at radius 3 is 2.52 bits per heavy atom. The van der Waals surface area contributed by atoms with Crippen LogP contribution in [0.1, 0.15) is 45.4 Å². The number of carbonyl (C=O) groups is 4. The number of hydrogen-bond donors (Lipinski definition) is 3. The maximum Gasteiger partial charge on any atom is 0.243 e. The van der Waals surface area contributed by atoms with Crippen LogP contribution in [0, 0.1) is 0 Å². The van der Waals surface area contributed by atoms with Gasteiger partial charge in [-0.25, -0.2) is 0 Å². The molecular formula is C19H32IN3O4S2. The predicted octanol–water partition coefficient (Wildman–Crippen LogP) is 2.64. The number of carbonyl (C=O) groups excluding carboxylic acids is 4. The average Bonchev–Trinajstić information content (AvgIpc) is 2.69. The Bertz CT molecular complexity index is 522. The Labute approximate surface area is 195 Å². The fourth-order valence-corrected chi connectivity index (χ4v) is 4.71. The maximum absolute atomic E-state index is 12.4. The van der Waals surface area contributed by atoms with Crippen molar-refractivity contribution in [3.63, 3.8) is 0 Å². The van der Waals surface area contributed by atoms with Crippen LogP contribution in [0.3, 0.4) is 0 Å². The molecule has 0 rings (SSSR count). The molecule has 0 radical (unpaired) electrons. The van der Waals surface area contributed by atoms with Crippen LogP contribution < -0.4 is 16.0 Å². The van der Waals surface area contributed by atoms with Crippen molar-refractivity contribution in [2.24, 2.45) is 0 Å². The van der Waals surface area contributed by atoms with E-state index in [9.17, 15) is 19.2 Å². The van der Waals surface area contributed by atoms with E-state index < -0.39 is 6.04 Å². The number of halogens is 1. The zero-order valence-electron chi connectivity index (χ0n) is 16.9. The first kappa shape index (κ1) is 28.2. The van der Waals surface area contributed by atoms with E-state index in [2.05, 4.69) is 38.5 Å². The van der Waals surface area contributed by atoms with Gasteiger partial charge in [-0.15, -0.1) is 0 Å². The second kappa shape index (κ2) is 20.5. The highest BCUT2D eigenvalue weighted by molar-refractivity contribution is 14.1. The number of rotatable bonds is 18. The third-order valence-corrected chi connectivity index (χ3v) is 6.63. The van der Waals surface area contributed by atoms with E-state index in [-0.39, 0.29) is 17.7 Å². The van der Waals surface area contributed by atoms with Crippen LogP contribution in [-0.4, -0.2) is 59.1 Å². The Hall–Kier alpha value is -0.750. The summed E-state index contributed by atoms with van der Waals surface area (Å²) in [6.07, 6.45) is 8.39. The molecule has 0 spiro atoms. The number of allylic oxidation sites excluding steroid dienone is 1. The molecule has 0 saturated heterocycles. The molecule has 0 aromatic rings. The fraction of sp³-hybridized carbons (Fsp3) is 0.684. The van der Waals surface area contributed by atoms with Gasteiger partial charge in [-0.1, -0.05) is 62.8 Å². The van der Waals surface area contributed by atoms with Gasteiger partial charge in [-0.05, 0) is 19.8 Å². The van der Waals surface area contributed by atoms with Crippen molar-refractivity contribution in [2.75, 3.05) is 29.0 Å². The van der Waals surface area contributed by atoms with Gasteiger partial charge < -0.3 is 20.7 Å². The Balaban J connectivity index is 4.11. The van der Waals surface area contributed by atoms with Crippen molar-refractivity contribution in [1.29, 1.82) is 0 Å². The Kier molecular flexibility index (Phi) is 20.0. The zero-order chi connectivity index (χ0) is 21.7. The fourth-order valence-electron chi connectivity index (χ4n) is 2.11. The quantitative estimate of drug-likeness (QED) is 0.0598. The molecular weight excluding hydrogens is 525 g/mol. The highest BCUT2D eigenvalue weighted by atomic mass is 127. The summed E-state index contributed by atoms with van der Waals surface area (Å²) in [6, 6.07) is -0.587. The predicted molar refractivity (Wildman–Crippen MR) is 130 cm³/mol. The van der Waals surface area contributed by atoms with Gasteiger partial charge in [0, 0.05) is 48.3 Å². The molecule has 0 heterocycles. The van der Waals surface area contributed by atoms with Gasteiger partial charge in [-0.2, -0.15) is 0 Å². The van der Waals surface area contributed by atoms with Crippen molar-refractivity contribution in [3.05, 3.63) is 12.2 Å². The molecule has 0 aromatic carbocycles. The smallest absolute Gasteiger partial charge is 0.243 e. The van der Waals surface area contributed by atoms with Crippen LogP contribution in [0.25, 0.3) is 0 Å². The summed E-state index contributed by atoms with van der Waals surface area (Å²) >= 11 is 2.12. The first-order chi connectivity index (χ1) is 14.0. The van der Waals surface area contributed by atoms with Gasteiger partial charge >= 0.3 is 0 Å². The summed E-state index contributed by atoms with van der Waals surface area (Å²) in [5, 5.41) is 8.46. The second-order valence-electron chi connectivity index (χ2n) is 6.10. The molecule has 3 N–H and O–H groups in total. The molecule has 0 aliphatic rings. The molecule has 0 aromatic heterocycles. The monoisotopic (exact) mass is 557 g/mol. The molecule has 166 valence electrons.